The zero-order chi connectivity index (χ0) is 19.1. The number of anilines is 1. The molecule has 0 fully saturated rings. The lowest BCUT2D eigenvalue weighted by molar-refractivity contribution is -0.118. The molecule has 0 saturated heterocycles. The van der Waals surface area contributed by atoms with E-state index in [2.05, 4.69) is 15.4 Å². The van der Waals surface area contributed by atoms with Crippen LogP contribution >= 0.6 is 11.3 Å². The van der Waals surface area contributed by atoms with E-state index < -0.39 is 5.63 Å². The normalized spacial score (nSPS) is 11.2. The van der Waals surface area contributed by atoms with E-state index in [9.17, 15) is 9.59 Å². The highest BCUT2D eigenvalue weighted by atomic mass is 32.1. The summed E-state index contributed by atoms with van der Waals surface area (Å²) >= 11 is 1.51. The minimum atomic E-state index is -0.425. The van der Waals surface area contributed by atoms with Crippen molar-refractivity contribution >= 4 is 39.1 Å². The molecule has 4 rings (SSSR count). The van der Waals surface area contributed by atoms with Gasteiger partial charge in [-0.25, -0.2) is 9.31 Å². The van der Waals surface area contributed by atoms with Gasteiger partial charge in [0.15, 0.2) is 6.61 Å². The van der Waals surface area contributed by atoms with E-state index in [-0.39, 0.29) is 18.5 Å². The molecule has 9 heteroatoms. The molecule has 27 heavy (non-hydrogen) atoms. The first-order chi connectivity index (χ1) is 12.9. The van der Waals surface area contributed by atoms with Crippen molar-refractivity contribution in [2.75, 3.05) is 11.9 Å². The number of hydrogen-bond acceptors (Lipinski definition) is 7. The Hall–Kier alpha value is -3.20. The summed E-state index contributed by atoms with van der Waals surface area (Å²) in [6.45, 7) is 5.56. The van der Waals surface area contributed by atoms with E-state index in [1.54, 1.807) is 22.7 Å². The highest BCUT2D eigenvalue weighted by molar-refractivity contribution is 7.17. The highest BCUT2D eigenvalue weighted by Gasteiger charge is 2.13. The molecule has 0 aliphatic rings. The number of fused-ring (bicyclic) bond motifs is 2. The van der Waals surface area contributed by atoms with E-state index in [1.165, 1.54) is 17.4 Å². The lowest BCUT2D eigenvalue weighted by Gasteiger charge is -2.07. The van der Waals surface area contributed by atoms with Crippen LogP contribution in [-0.2, 0) is 4.79 Å². The topological polar surface area (TPSA) is 98.7 Å². The zero-order valence-corrected chi connectivity index (χ0v) is 15.7. The van der Waals surface area contributed by atoms with Gasteiger partial charge in [-0.2, -0.15) is 4.98 Å². The molecule has 0 saturated carbocycles. The number of nitrogens with zero attached hydrogens (tertiary/aromatic N) is 3. The van der Waals surface area contributed by atoms with Crippen LogP contribution in [0.4, 0.5) is 5.95 Å². The van der Waals surface area contributed by atoms with Crippen molar-refractivity contribution in [2.24, 2.45) is 0 Å². The van der Waals surface area contributed by atoms with Gasteiger partial charge in [-0.3, -0.25) is 10.1 Å². The fraction of sp³-hybridized carbons (Fsp3) is 0.222. The molecular weight excluding hydrogens is 368 g/mol. The maximum Gasteiger partial charge on any atom is 0.336 e. The third-order valence-corrected chi connectivity index (χ3v) is 5.24. The van der Waals surface area contributed by atoms with E-state index in [0.717, 1.165) is 26.5 Å². The van der Waals surface area contributed by atoms with Crippen LogP contribution in [0.15, 0.2) is 33.5 Å². The molecular formula is C18H16N4O4S. The Kier molecular flexibility index (Phi) is 4.15. The van der Waals surface area contributed by atoms with Gasteiger partial charge in [0, 0.05) is 22.4 Å². The molecule has 3 aromatic heterocycles. The summed E-state index contributed by atoms with van der Waals surface area (Å²) in [5.74, 6) is 0.281. The van der Waals surface area contributed by atoms with Crippen LogP contribution in [-0.4, -0.2) is 27.1 Å². The van der Waals surface area contributed by atoms with Gasteiger partial charge < -0.3 is 9.15 Å². The predicted octanol–water partition coefficient (Wildman–Crippen LogP) is 2.84. The monoisotopic (exact) mass is 384 g/mol. The molecule has 0 unspecified atom stereocenters. The number of carbonyl (C=O) groups is 1. The molecule has 4 aromatic rings. The molecule has 0 radical (unpaired) electrons. The smallest absolute Gasteiger partial charge is 0.336 e. The number of benzene rings is 1. The molecule has 0 atom stereocenters. The van der Waals surface area contributed by atoms with Crippen molar-refractivity contribution in [3.05, 3.63) is 50.8 Å². The third-order valence-electron chi connectivity index (χ3n) is 4.19. The van der Waals surface area contributed by atoms with Crippen LogP contribution in [0.3, 0.4) is 0 Å². The van der Waals surface area contributed by atoms with Crippen LogP contribution in [0.1, 0.15) is 16.1 Å². The van der Waals surface area contributed by atoms with Crippen molar-refractivity contribution in [3.8, 4) is 5.75 Å². The SMILES string of the molecule is Cc1sc2nc(NC(=O)COc3ccc4c(C)cc(=O)oc4c3)nn2c1C. The number of ether oxygens (including phenoxy) is 1. The summed E-state index contributed by atoms with van der Waals surface area (Å²) in [6.07, 6.45) is 0. The summed E-state index contributed by atoms with van der Waals surface area (Å²) in [4.78, 5) is 29.7. The molecule has 1 N–H and O–H groups in total. The Balaban J connectivity index is 1.45. The van der Waals surface area contributed by atoms with Crippen LogP contribution in [0.5, 0.6) is 5.75 Å². The van der Waals surface area contributed by atoms with Crippen LogP contribution in [0, 0.1) is 20.8 Å². The van der Waals surface area contributed by atoms with Crippen molar-refractivity contribution in [3.63, 3.8) is 0 Å². The largest absolute Gasteiger partial charge is 0.484 e. The van der Waals surface area contributed by atoms with Gasteiger partial charge in [0.25, 0.3) is 11.9 Å². The van der Waals surface area contributed by atoms with Gasteiger partial charge in [-0.15, -0.1) is 5.10 Å². The van der Waals surface area contributed by atoms with Crippen molar-refractivity contribution in [1.82, 2.24) is 14.6 Å². The minimum absolute atomic E-state index is 0.216. The van der Waals surface area contributed by atoms with Gasteiger partial charge in [0.2, 0.25) is 4.96 Å². The quantitative estimate of drug-likeness (QED) is 0.543. The van der Waals surface area contributed by atoms with E-state index in [1.807, 2.05) is 20.8 Å². The highest BCUT2D eigenvalue weighted by Crippen LogP contribution is 2.23. The fourth-order valence-electron chi connectivity index (χ4n) is 2.70. The first-order valence-electron chi connectivity index (χ1n) is 8.20. The van der Waals surface area contributed by atoms with Crippen molar-refractivity contribution in [2.45, 2.75) is 20.8 Å². The molecule has 0 aliphatic heterocycles. The lowest BCUT2D eigenvalue weighted by Crippen LogP contribution is -2.21. The van der Waals surface area contributed by atoms with Crippen molar-refractivity contribution < 1.29 is 13.9 Å². The lowest BCUT2D eigenvalue weighted by atomic mass is 10.1. The summed E-state index contributed by atoms with van der Waals surface area (Å²) in [6, 6.07) is 6.53. The summed E-state index contributed by atoms with van der Waals surface area (Å²) in [5, 5.41) is 7.70. The molecule has 0 spiro atoms. The first-order valence-corrected chi connectivity index (χ1v) is 9.02. The Bertz CT molecular complexity index is 1240. The minimum Gasteiger partial charge on any atom is -0.484 e. The number of aromatic nitrogens is 3. The Morgan fingerprint density at radius 2 is 2.11 bits per heavy atom. The van der Waals surface area contributed by atoms with Crippen LogP contribution < -0.4 is 15.7 Å². The van der Waals surface area contributed by atoms with Gasteiger partial charge in [0.1, 0.15) is 11.3 Å². The maximum absolute atomic E-state index is 12.1. The van der Waals surface area contributed by atoms with Gasteiger partial charge in [-0.1, -0.05) is 11.3 Å². The molecule has 138 valence electrons. The second kappa shape index (κ2) is 6.51. The van der Waals surface area contributed by atoms with E-state index >= 15 is 0 Å². The Morgan fingerprint density at radius 1 is 1.30 bits per heavy atom. The van der Waals surface area contributed by atoms with E-state index in [4.69, 9.17) is 9.15 Å². The predicted molar refractivity (Wildman–Crippen MR) is 102 cm³/mol. The van der Waals surface area contributed by atoms with Gasteiger partial charge in [-0.05, 0) is 38.5 Å². The number of thiazole rings is 1. The van der Waals surface area contributed by atoms with Crippen LogP contribution in [0.25, 0.3) is 15.9 Å². The standard InChI is InChI=1S/C18H16N4O4S/c1-9-6-16(24)26-14-7-12(4-5-13(9)14)25-8-15(23)19-17-20-18-22(21-17)10(2)11(3)27-18/h4-7H,8H2,1-3H3,(H,19,21,23). The first kappa shape index (κ1) is 17.2. The molecule has 1 amide bonds. The Labute approximate surface area is 157 Å². The number of amides is 1. The van der Waals surface area contributed by atoms with Gasteiger partial charge in [0.05, 0.1) is 5.69 Å². The molecule has 0 bridgehead atoms. The molecule has 1 aromatic carbocycles. The average Bonchev–Trinajstić information content (AvgIpc) is 3.11. The average molecular weight is 384 g/mol. The number of carbonyl (C=O) groups excluding carboxylic acids is 1. The number of rotatable bonds is 4. The molecule has 3 heterocycles. The Morgan fingerprint density at radius 3 is 2.89 bits per heavy atom. The fourth-order valence-corrected chi connectivity index (χ4v) is 3.60. The second-order valence-electron chi connectivity index (χ2n) is 6.12. The number of aryl methyl sites for hydroxylation is 3. The molecule has 0 aliphatic carbocycles. The van der Waals surface area contributed by atoms with E-state index in [0.29, 0.717) is 11.3 Å². The second-order valence-corrected chi connectivity index (χ2v) is 7.30. The third kappa shape index (κ3) is 3.28. The number of nitrogens with one attached hydrogen (secondary N) is 1. The number of hydrogen-bond donors (Lipinski definition) is 1. The summed E-state index contributed by atoms with van der Waals surface area (Å²) in [7, 11) is 0. The summed E-state index contributed by atoms with van der Waals surface area (Å²) in [5.41, 5.74) is 1.81. The molecule has 8 nitrogen and oxygen atoms in total. The maximum atomic E-state index is 12.1. The summed E-state index contributed by atoms with van der Waals surface area (Å²) < 4.78 is 12.4. The van der Waals surface area contributed by atoms with Gasteiger partial charge >= 0.3 is 5.63 Å². The van der Waals surface area contributed by atoms with Crippen LogP contribution in [0.2, 0.25) is 0 Å². The van der Waals surface area contributed by atoms with Crippen molar-refractivity contribution in [1.29, 1.82) is 0 Å². The zero-order valence-electron chi connectivity index (χ0n) is 14.9.